The Hall–Kier alpha value is -3.03. The molecular formula is C21H30N6O2. The van der Waals surface area contributed by atoms with Crippen LogP contribution in [0.2, 0.25) is 0 Å². The van der Waals surface area contributed by atoms with E-state index in [0.717, 1.165) is 55.8 Å². The van der Waals surface area contributed by atoms with Crippen molar-refractivity contribution in [3.8, 4) is 11.5 Å². The highest BCUT2D eigenvalue weighted by molar-refractivity contribution is 5.80. The number of aliphatic imine (C=N–C) groups is 1. The summed E-state index contributed by atoms with van der Waals surface area (Å²) in [5.74, 6) is 3.40. The second-order valence-corrected chi connectivity index (χ2v) is 6.82. The highest BCUT2D eigenvalue weighted by Crippen LogP contribution is 2.33. The van der Waals surface area contributed by atoms with Gasteiger partial charge in [0.05, 0.1) is 20.8 Å². The van der Waals surface area contributed by atoms with Crippen LogP contribution in [0.25, 0.3) is 0 Å². The first-order chi connectivity index (χ1) is 14.2. The zero-order valence-electron chi connectivity index (χ0n) is 17.5. The van der Waals surface area contributed by atoms with Crippen molar-refractivity contribution in [3.05, 3.63) is 48.1 Å². The Morgan fingerprint density at radius 1 is 1.28 bits per heavy atom. The summed E-state index contributed by atoms with van der Waals surface area (Å²) in [5, 5.41) is 11.5. The molecule has 0 bridgehead atoms. The fourth-order valence-corrected chi connectivity index (χ4v) is 3.50. The Kier molecular flexibility index (Phi) is 7.10. The van der Waals surface area contributed by atoms with Crippen LogP contribution >= 0.6 is 0 Å². The number of nitrogens with zero attached hydrogens (tertiary/aromatic N) is 5. The number of aromatic nitrogens is 3. The molecular weight excluding hydrogens is 368 g/mol. The van der Waals surface area contributed by atoms with E-state index < -0.39 is 0 Å². The largest absolute Gasteiger partial charge is 0.493 e. The molecule has 0 unspecified atom stereocenters. The van der Waals surface area contributed by atoms with Gasteiger partial charge in [0, 0.05) is 32.6 Å². The lowest BCUT2D eigenvalue weighted by Crippen LogP contribution is -2.44. The van der Waals surface area contributed by atoms with Gasteiger partial charge < -0.3 is 24.3 Å². The summed E-state index contributed by atoms with van der Waals surface area (Å²) < 4.78 is 13.0. The minimum atomic E-state index is 0.653. The second kappa shape index (κ2) is 9.95. The zero-order chi connectivity index (χ0) is 20.6. The summed E-state index contributed by atoms with van der Waals surface area (Å²) in [4.78, 5) is 7.10. The number of fused-ring (bicyclic) bond motifs is 1. The van der Waals surface area contributed by atoms with Gasteiger partial charge in [0.15, 0.2) is 17.5 Å². The predicted molar refractivity (Wildman–Crippen MR) is 114 cm³/mol. The third kappa shape index (κ3) is 4.88. The summed E-state index contributed by atoms with van der Waals surface area (Å²) in [6.07, 6.45) is 5.40. The van der Waals surface area contributed by atoms with Gasteiger partial charge in [-0.25, -0.2) is 0 Å². The van der Waals surface area contributed by atoms with Gasteiger partial charge in [0.1, 0.15) is 12.2 Å². The molecule has 8 heteroatoms. The normalized spacial score (nSPS) is 13.8. The van der Waals surface area contributed by atoms with Gasteiger partial charge in [-0.05, 0) is 29.7 Å². The number of hydrogen-bond acceptors (Lipinski definition) is 5. The molecule has 0 spiro atoms. The lowest BCUT2D eigenvalue weighted by Gasteiger charge is -2.32. The van der Waals surface area contributed by atoms with Gasteiger partial charge in [0.25, 0.3) is 0 Å². The number of rotatable bonds is 8. The molecule has 156 valence electrons. The molecule has 3 rings (SSSR count). The molecule has 0 fully saturated rings. The van der Waals surface area contributed by atoms with E-state index in [2.05, 4.69) is 50.6 Å². The molecule has 0 radical (unpaired) electrons. The molecule has 0 atom stereocenters. The first-order valence-corrected chi connectivity index (χ1v) is 9.94. The molecule has 8 nitrogen and oxygen atoms in total. The van der Waals surface area contributed by atoms with Gasteiger partial charge in [-0.1, -0.05) is 13.0 Å². The summed E-state index contributed by atoms with van der Waals surface area (Å²) in [6, 6.07) is 4.15. The predicted octanol–water partition coefficient (Wildman–Crippen LogP) is 2.05. The SMILES string of the molecule is C=CCNC(=NCCn1cnnc1CC)N1CCc2cc(OC)c(OC)cc2C1. The molecule has 2 heterocycles. The lowest BCUT2D eigenvalue weighted by molar-refractivity contribution is 0.346. The number of guanidine groups is 1. The van der Waals surface area contributed by atoms with Gasteiger partial charge in [0.2, 0.25) is 0 Å². The van der Waals surface area contributed by atoms with Crippen LogP contribution < -0.4 is 14.8 Å². The maximum Gasteiger partial charge on any atom is 0.194 e. The highest BCUT2D eigenvalue weighted by atomic mass is 16.5. The average molecular weight is 399 g/mol. The van der Waals surface area contributed by atoms with Crippen molar-refractivity contribution in [1.29, 1.82) is 0 Å². The van der Waals surface area contributed by atoms with E-state index in [1.54, 1.807) is 20.5 Å². The maximum atomic E-state index is 5.47. The van der Waals surface area contributed by atoms with Gasteiger partial charge in [-0.3, -0.25) is 4.99 Å². The van der Waals surface area contributed by atoms with Crippen molar-refractivity contribution >= 4 is 5.96 Å². The standard InChI is InChI=1S/C21H30N6O2/c1-5-8-22-21(23-9-11-27-15-24-25-20(27)6-2)26-10-7-16-12-18(28-3)19(29-4)13-17(16)14-26/h5,12-13,15H,1,6-11,14H2,2-4H3,(H,22,23). The van der Waals surface area contributed by atoms with Crippen molar-refractivity contribution in [3.63, 3.8) is 0 Å². The molecule has 29 heavy (non-hydrogen) atoms. The number of aryl methyl sites for hydroxylation is 1. The van der Waals surface area contributed by atoms with Crippen LogP contribution in [-0.4, -0.2) is 59.5 Å². The Balaban J connectivity index is 1.74. The third-order valence-corrected chi connectivity index (χ3v) is 5.04. The molecule has 0 saturated carbocycles. The maximum absolute atomic E-state index is 5.47. The van der Waals surface area contributed by atoms with E-state index in [1.165, 1.54) is 11.1 Å². The van der Waals surface area contributed by atoms with Gasteiger partial charge in [-0.2, -0.15) is 0 Å². The van der Waals surface area contributed by atoms with Crippen molar-refractivity contribution in [2.45, 2.75) is 32.9 Å². The van der Waals surface area contributed by atoms with Crippen molar-refractivity contribution < 1.29 is 9.47 Å². The Bertz CT molecular complexity index is 861. The first kappa shape index (κ1) is 20.7. The van der Waals surface area contributed by atoms with Crippen LogP contribution in [0.15, 0.2) is 36.1 Å². The fourth-order valence-electron chi connectivity index (χ4n) is 3.50. The lowest BCUT2D eigenvalue weighted by atomic mass is 9.99. The average Bonchev–Trinajstić information content (AvgIpc) is 3.22. The quantitative estimate of drug-likeness (QED) is 0.417. The van der Waals surface area contributed by atoms with Gasteiger partial charge in [-0.15, -0.1) is 16.8 Å². The third-order valence-electron chi connectivity index (χ3n) is 5.04. The molecule has 1 aromatic carbocycles. The summed E-state index contributed by atoms with van der Waals surface area (Å²) in [5.41, 5.74) is 2.52. The number of hydrogen-bond donors (Lipinski definition) is 1. The number of methoxy groups -OCH3 is 2. The van der Waals surface area contributed by atoms with Crippen molar-refractivity contribution in [2.24, 2.45) is 4.99 Å². The summed E-state index contributed by atoms with van der Waals surface area (Å²) in [6.45, 7) is 9.62. The Morgan fingerprint density at radius 2 is 2.03 bits per heavy atom. The smallest absolute Gasteiger partial charge is 0.194 e. The van der Waals surface area contributed by atoms with Crippen LogP contribution in [0, 0.1) is 0 Å². The van der Waals surface area contributed by atoms with Gasteiger partial charge >= 0.3 is 0 Å². The molecule has 1 N–H and O–H groups in total. The summed E-state index contributed by atoms with van der Waals surface area (Å²) >= 11 is 0. The van der Waals surface area contributed by atoms with Crippen LogP contribution in [0.1, 0.15) is 23.9 Å². The molecule has 0 aliphatic carbocycles. The minimum absolute atomic E-state index is 0.653. The second-order valence-electron chi connectivity index (χ2n) is 6.82. The van der Waals surface area contributed by atoms with Crippen LogP contribution in [0.3, 0.4) is 0 Å². The number of ether oxygens (including phenoxy) is 2. The van der Waals surface area contributed by atoms with E-state index in [-0.39, 0.29) is 0 Å². The minimum Gasteiger partial charge on any atom is -0.493 e. The van der Waals surface area contributed by atoms with E-state index in [0.29, 0.717) is 13.1 Å². The molecule has 0 amide bonds. The van der Waals surface area contributed by atoms with Crippen LogP contribution in [0.5, 0.6) is 11.5 Å². The van der Waals surface area contributed by atoms with Crippen LogP contribution in [0.4, 0.5) is 0 Å². The number of nitrogens with one attached hydrogen (secondary N) is 1. The molecule has 0 saturated heterocycles. The fraction of sp³-hybridized carbons (Fsp3) is 0.476. The van der Waals surface area contributed by atoms with Crippen molar-refractivity contribution in [2.75, 3.05) is 33.9 Å². The topological polar surface area (TPSA) is 76.8 Å². The highest BCUT2D eigenvalue weighted by Gasteiger charge is 2.21. The van der Waals surface area contributed by atoms with Crippen molar-refractivity contribution in [1.82, 2.24) is 25.0 Å². The monoisotopic (exact) mass is 398 g/mol. The van der Waals surface area contributed by atoms with E-state index in [1.807, 2.05) is 6.08 Å². The Morgan fingerprint density at radius 3 is 2.72 bits per heavy atom. The first-order valence-electron chi connectivity index (χ1n) is 9.94. The molecule has 1 aromatic heterocycles. The molecule has 2 aromatic rings. The van der Waals surface area contributed by atoms with E-state index in [4.69, 9.17) is 14.5 Å². The molecule has 1 aliphatic heterocycles. The van der Waals surface area contributed by atoms with E-state index >= 15 is 0 Å². The van der Waals surface area contributed by atoms with E-state index in [9.17, 15) is 0 Å². The summed E-state index contributed by atoms with van der Waals surface area (Å²) in [7, 11) is 3.34. The zero-order valence-corrected chi connectivity index (χ0v) is 17.5. The number of benzene rings is 1. The Labute approximate surface area is 172 Å². The van der Waals surface area contributed by atoms with Crippen LogP contribution in [-0.2, 0) is 25.9 Å². The molecule has 1 aliphatic rings.